The third-order valence-corrected chi connectivity index (χ3v) is 10.1. The molecular formula is C36H48N6O5S2. The van der Waals surface area contributed by atoms with E-state index in [4.69, 9.17) is 4.74 Å². The first-order valence-corrected chi connectivity index (χ1v) is 18.4. The van der Waals surface area contributed by atoms with Crippen LogP contribution in [-0.2, 0) is 28.9 Å². The average molecular weight is 709 g/mol. The number of hydrogen-bond acceptors (Lipinski definition) is 9. The van der Waals surface area contributed by atoms with Crippen LogP contribution in [-0.4, -0.2) is 76.8 Å². The molecule has 4 rings (SSSR count). The van der Waals surface area contributed by atoms with Gasteiger partial charge >= 0.3 is 12.1 Å². The summed E-state index contributed by atoms with van der Waals surface area (Å²) in [5.41, 5.74) is 2.85. The zero-order valence-electron chi connectivity index (χ0n) is 28.6. The third-order valence-electron chi connectivity index (χ3n) is 7.98. The Kier molecular flexibility index (Phi) is 14.8. The van der Waals surface area contributed by atoms with Crippen molar-refractivity contribution < 1.29 is 24.2 Å². The number of aliphatic hydroxyl groups is 1. The van der Waals surface area contributed by atoms with Gasteiger partial charge in [0.05, 0.1) is 29.2 Å². The number of aromatic nitrogens is 1. The highest BCUT2D eigenvalue weighted by molar-refractivity contribution is 8.03. The summed E-state index contributed by atoms with van der Waals surface area (Å²) in [6.07, 6.45) is 2.37. The lowest BCUT2D eigenvalue weighted by Crippen LogP contribution is -2.56. The lowest BCUT2D eigenvalue weighted by atomic mass is 9.95. The summed E-state index contributed by atoms with van der Waals surface area (Å²) in [5, 5.41) is 25.4. The van der Waals surface area contributed by atoms with E-state index in [9.17, 15) is 19.5 Å². The molecule has 1 aromatic heterocycles. The molecule has 0 aliphatic carbocycles. The second kappa shape index (κ2) is 19.2. The van der Waals surface area contributed by atoms with Crippen LogP contribution < -0.4 is 21.3 Å². The van der Waals surface area contributed by atoms with Gasteiger partial charge in [0.25, 0.3) is 0 Å². The first-order valence-electron chi connectivity index (χ1n) is 16.6. The van der Waals surface area contributed by atoms with E-state index in [-0.39, 0.29) is 25.2 Å². The third kappa shape index (κ3) is 12.7. The van der Waals surface area contributed by atoms with Gasteiger partial charge in [-0.2, -0.15) is 0 Å². The Hall–Kier alpha value is -4.07. The summed E-state index contributed by atoms with van der Waals surface area (Å²) in [7, 11) is 1.63. The van der Waals surface area contributed by atoms with Crippen LogP contribution in [0.1, 0.15) is 61.4 Å². The van der Waals surface area contributed by atoms with Crippen LogP contribution in [0.3, 0.4) is 0 Å². The molecule has 0 saturated carbocycles. The molecule has 4 amide bonds. The van der Waals surface area contributed by atoms with Crippen LogP contribution in [0.2, 0.25) is 0 Å². The van der Waals surface area contributed by atoms with Crippen molar-refractivity contribution in [3.8, 4) is 0 Å². The van der Waals surface area contributed by atoms with Crippen LogP contribution in [0.25, 0.3) is 0 Å². The Balaban J connectivity index is 1.42. The SMILES string of the molecule is CC(C)c1nc(CN(C)C(=O)NC(C(=O)NC(CCC(Cc2ccccc2)NC(=O)OCC2=CNCS2)Cc2ccccc2)C(C)O)cs1. The van der Waals surface area contributed by atoms with Crippen molar-refractivity contribution in [3.05, 3.63) is 99.0 Å². The largest absolute Gasteiger partial charge is 0.444 e. The minimum Gasteiger partial charge on any atom is -0.444 e. The van der Waals surface area contributed by atoms with Crippen molar-refractivity contribution in [3.63, 3.8) is 0 Å². The summed E-state index contributed by atoms with van der Waals surface area (Å²) in [5.74, 6) is 0.559. The standard InChI is InChI=1S/C36H48N6O5S2/c1-24(2)34-39-30(22-48-34)20-42(4)35(45)41-32(25(3)43)33(44)38-28(17-26-11-7-5-8-12-26)15-16-29(18-27-13-9-6-10-14-27)40-36(46)47-21-31-19-37-23-49-31/h5-14,19,22,24-25,28-29,32,37,43H,15-18,20-21,23H2,1-4H3,(H,38,44)(H,40,46)(H,41,45). The highest BCUT2D eigenvalue weighted by atomic mass is 32.2. The number of thioether (sulfide) groups is 1. The number of hydrogen-bond donors (Lipinski definition) is 5. The van der Waals surface area contributed by atoms with Crippen LogP contribution in [0.5, 0.6) is 0 Å². The zero-order chi connectivity index (χ0) is 35.2. The molecule has 0 fully saturated rings. The van der Waals surface area contributed by atoms with Gasteiger partial charge in [0, 0.05) is 41.5 Å². The van der Waals surface area contributed by atoms with E-state index >= 15 is 0 Å². The highest BCUT2D eigenvalue weighted by Gasteiger charge is 2.29. The fourth-order valence-electron chi connectivity index (χ4n) is 5.32. The van der Waals surface area contributed by atoms with E-state index in [0.29, 0.717) is 31.6 Å². The number of alkyl carbamates (subject to hydrolysis) is 1. The lowest BCUT2D eigenvalue weighted by molar-refractivity contribution is -0.126. The van der Waals surface area contributed by atoms with E-state index in [0.717, 1.165) is 32.6 Å². The number of nitrogens with zero attached hydrogens (tertiary/aromatic N) is 2. The van der Waals surface area contributed by atoms with Crippen molar-refractivity contribution in [2.24, 2.45) is 0 Å². The van der Waals surface area contributed by atoms with Gasteiger partial charge in [0.15, 0.2) is 0 Å². The number of nitrogens with one attached hydrogen (secondary N) is 4. The normalized spacial score (nSPS) is 14.9. The summed E-state index contributed by atoms with van der Waals surface area (Å²) >= 11 is 3.14. The Morgan fingerprint density at radius 1 is 0.939 bits per heavy atom. The summed E-state index contributed by atoms with van der Waals surface area (Å²) in [6, 6.07) is 17.4. The van der Waals surface area contributed by atoms with Crippen LogP contribution in [0, 0.1) is 0 Å². The fraction of sp³-hybridized carbons (Fsp3) is 0.444. The number of thiazole rings is 1. The molecule has 3 aromatic rings. The number of amides is 4. The molecule has 13 heteroatoms. The molecular weight excluding hydrogens is 661 g/mol. The van der Waals surface area contributed by atoms with Crippen molar-refractivity contribution in [1.82, 2.24) is 31.2 Å². The van der Waals surface area contributed by atoms with E-state index < -0.39 is 30.2 Å². The van der Waals surface area contributed by atoms with E-state index in [1.165, 1.54) is 11.8 Å². The van der Waals surface area contributed by atoms with Crippen LogP contribution in [0.15, 0.2) is 77.1 Å². The maximum Gasteiger partial charge on any atom is 0.407 e. The molecule has 0 saturated heterocycles. The fourth-order valence-corrected chi connectivity index (χ4v) is 6.81. The Morgan fingerprint density at radius 3 is 2.08 bits per heavy atom. The minimum atomic E-state index is -1.18. The molecule has 4 atom stereocenters. The first-order chi connectivity index (χ1) is 23.6. The van der Waals surface area contributed by atoms with Gasteiger partial charge < -0.3 is 36.0 Å². The van der Waals surface area contributed by atoms with Gasteiger partial charge in [0.1, 0.15) is 12.6 Å². The van der Waals surface area contributed by atoms with E-state index in [2.05, 4.69) is 40.1 Å². The topological polar surface area (TPSA) is 145 Å². The predicted octanol–water partition coefficient (Wildman–Crippen LogP) is 5.14. The molecule has 2 heterocycles. The summed E-state index contributed by atoms with van der Waals surface area (Å²) in [4.78, 5) is 46.7. The molecule has 11 nitrogen and oxygen atoms in total. The molecule has 49 heavy (non-hydrogen) atoms. The first kappa shape index (κ1) is 37.7. The number of rotatable bonds is 17. The second-order valence-electron chi connectivity index (χ2n) is 12.5. The minimum absolute atomic E-state index is 0.193. The van der Waals surface area contributed by atoms with Crippen molar-refractivity contribution in [2.75, 3.05) is 19.5 Å². The van der Waals surface area contributed by atoms with Crippen molar-refractivity contribution >= 4 is 41.1 Å². The van der Waals surface area contributed by atoms with E-state index in [1.807, 2.05) is 72.2 Å². The van der Waals surface area contributed by atoms with Gasteiger partial charge in [-0.15, -0.1) is 23.1 Å². The Morgan fingerprint density at radius 2 is 1.55 bits per heavy atom. The molecule has 0 spiro atoms. The van der Waals surface area contributed by atoms with Crippen molar-refractivity contribution in [1.29, 1.82) is 0 Å². The predicted molar refractivity (Wildman–Crippen MR) is 195 cm³/mol. The van der Waals surface area contributed by atoms with Gasteiger partial charge in [-0.3, -0.25) is 4.79 Å². The van der Waals surface area contributed by atoms with Gasteiger partial charge in [-0.05, 0) is 43.7 Å². The zero-order valence-corrected chi connectivity index (χ0v) is 30.2. The van der Waals surface area contributed by atoms with Crippen LogP contribution >= 0.6 is 23.1 Å². The quantitative estimate of drug-likeness (QED) is 0.130. The molecule has 0 bridgehead atoms. The van der Waals surface area contributed by atoms with E-state index in [1.54, 1.807) is 30.1 Å². The van der Waals surface area contributed by atoms with Crippen LogP contribution in [0.4, 0.5) is 9.59 Å². The van der Waals surface area contributed by atoms with Gasteiger partial charge in [-0.1, -0.05) is 74.5 Å². The maximum atomic E-state index is 13.7. The molecule has 1 aliphatic heterocycles. The Bertz CT molecular complexity index is 1520. The average Bonchev–Trinajstić information content (AvgIpc) is 3.78. The number of ether oxygens (including phenoxy) is 1. The highest BCUT2D eigenvalue weighted by Crippen LogP contribution is 2.21. The number of aliphatic hydroxyl groups excluding tert-OH is 1. The Labute approximate surface area is 297 Å². The lowest BCUT2D eigenvalue weighted by Gasteiger charge is -2.28. The second-order valence-corrected chi connectivity index (χ2v) is 14.5. The number of carbonyl (C=O) groups is 3. The van der Waals surface area contributed by atoms with Gasteiger partial charge in [-0.25, -0.2) is 14.6 Å². The smallest absolute Gasteiger partial charge is 0.407 e. The molecule has 2 aromatic carbocycles. The number of benzene rings is 2. The number of carbonyl (C=O) groups excluding carboxylic acids is 3. The maximum absolute atomic E-state index is 13.7. The summed E-state index contributed by atoms with van der Waals surface area (Å²) in [6.45, 7) is 6.08. The molecule has 1 aliphatic rings. The van der Waals surface area contributed by atoms with Gasteiger partial charge in [0.2, 0.25) is 5.91 Å². The summed E-state index contributed by atoms with van der Waals surface area (Å²) < 4.78 is 5.50. The monoisotopic (exact) mass is 708 g/mol. The molecule has 5 N–H and O–H groups in total. The molecule has 0 radical (unpaired) electrons. The molecule has 4 unspecified atom stereocenters. The van der Waals surface area contributed by atoms with Crippen molar-refractivity contribution in [2.45, 2.75) is 83.1 Å². The molecule has 264 valence electrons. The number of urea groups is 1.